The predicted octanol–water partition coefficient (Wildman–Crippen LogP) is 3.84. The summed E-state index contributed by atoms with van der Waals surface area (Å²) in [7, 11) is -3.46. The molecule has 0 aliphatic carbocycles. The highest BCUT2D eigenvalue weighted by Crippen LogP contribution is 2.21. The van der Waals surface area contributed by atoms with Crippen LogP contribution in [0.1, 0.15) is 30.4 Å². The van der Waals surface area contributed by atoms with Crippen LogP contribution in [0.3, 0.4) is 0 Å². The van der Waals surface area contributed by atoms with Crippen molar-refractivity contribution < 1.29 is 13.2 Å². The van der Waals surface area contributed by atoms with Crippen LogP contribution in [-0.4, -0.2) is 35.8 Å². The lowest BCUT2D eigenvalue weighted by molar-refractivity contribution is 0.293. The summed E-state index contributed by atoms with van der Waals surface area (Å²) in [5.74, 6) is 1.17. The number of ether oxygens (including phenoxy) is 1. The minimum absolute atomic E-state index is 0.237. The third-order valence-electron chi connectivity index (χ3n) is 5.19. The van der Waals surface area contributed by atoms with Gasteiger partial charge in [-0.1, -0.05) is 36.8 Å². The molecule has 1 aliphatic heterocycles. The fourth-order valence-corrected chi connectivity index (χ4v) is 4.92. The number of nitrogens with zero attached hydrogens (tertiary/aromatic N) is 3. The summed E-state index contributed by atoms with van der Waals surface area (Å²) in [6, 6.07) is 17.0. The highest BCUT2D eigenvalue weighted by atomic mass is 32.2. The Morgan fingerprint density at radius 1 is 0.935 bits per heavy atom. The van der Waals surface area contributed by atoms with Crippen molar-refractivity contribution in [2.24, 2.45) is 0 Å². The van der Waals surface area contributed by atoms with Gasteiger partial charge < -0.3 is 10.1 Å². The van der Waals surface area contributed by atoms with Crippen LogP contribution in [-0.2, 0) is 23.2 Å². The van der Waals surface area contributed by atoms with E-state index >= 15 is 0 Å². The summed E-state index contributed by atoms with van der Waals surface area (Å²) in [6.45, 7) is 2.15. The number of benzene rings is 1. The molecule has 0 atom stereocenters. The third kappa shape index (κ3) is 5.59. The van der Waals surface area contributed by atoms with Crippen molar-refractivity contribution in [1.82, 2.24) is 14.3 Å². The molecule has 1 N–H and O–H groups in total. The number of nitrogens with one attached hydrogen (secondary N) is 1. The molecule has 162 valence electrons. The van der Waals surface area contributed by atoms with E-state index < -0.39 is 10.0 Å². The van der Waals surface area contributed by atoms with Crippen molar-refractivity contribution >= 4 is 15.8 Å². The van der Waals surface area contributed by atoms with E-state index in [4.69, 9.17) is 4.74 Å². The van der Waals surface area contributed by atoms with E-state index in [-0.39, 0.29) is 4.90 Å². The fraction of sp³-hybridized carbons (Fsp3) is 0.304. The Kier molecular flexibility index (Phi) is 6.79. The second-order valence-electron chi connectivity index (χ2n) is 7.47. The van der Waals surface area contributed by atoms with E-state index in [1.54, 1.807) is 22.6 Å². The van der Waals surface area contributed by atoms with Crippen LogP contribution < -0.4 is 10.1 Å². The average molecular weight is 439 g/mol. The largest absolute Gasteiger partial charge is 0.473 e. The Labute approximate surface area is 183 Å². The molecule has 8 heteroatoms. The van der Waals surface area contributed by atoms with Gasteiger partial charge in [-0.25, -0.2) is 18.4 Å². The first kappa shape index (κ1) is 21.3. The molecule has 0 bridgehead atoms. The van der Waals surface area contributed by atoms with Crippen LogP contribution >= 0.6 is 0 Å². The highest BCUT2D eigenvalue weighted by Gasteiger charge is 2.26. The molecule has 0 amide bonds. The van der Waals surface area contributed by atoms with E-state index in [0.717, 1.165) is 30.4 Å². The summed E-state index contributed by atoms with van der Waals surface area (Å²) < 4.78 is 32.8. The van der Waals surface area contributed by atoms with Crippen molar-refractivity contribution in [2.45, 2.75) is 37.3 Å². The van der Waals surface area contributed by atoms with Crippen LogP contribution in [0.25, 0.3) is 0 Å². The normalized spacial score (nSPS) is 14.8. The monoisotopic (exact) mass is 438 g/mol. The molecule has 31 heavy (non-hydrogen) atoms. The van der Waals surface area contributed by atoms with Crippen LogP contribution in [0.15, 0.2) is 71.9 Å². The highest BCUT2D eigenvalue weighted by molar-refractivity contribution is 7.89. The number of piperidine rings is 1. The molecule has 3 aromatic rings. The third-order valence-corrected chi connectivity index (χ3v) is 7.07. The lowest BCUT2D eigenvalue weighted by atomic mass is 10.2. The van der Waals surface area contributed by atoms with Gasteiger partial charge in [0.25, 0.3) is 0 Å². The summed E-state index contributed by atoms with van der Waals surface area (Å²) in [5.41, 5.74) is 2.07. The van der Waals surface area contributed by atoms with Crippen LogP contribution in [0.5, 0.6) is 5.88 Å². The Morgan fingerprint density at radius 3 is 2.48 bits per heavy atom. The van der Waals surface area contributed by atoms with Gasteiger partial charge in [0.1, 0.15) is 17.3 Å². The fourth-order valence-electron chi connectivity index (χ4n) is 3.46. The zero-order valence-electron chi connectivity index (χ0n) is 17.3. The Balaban J connectivity index is 1.34. The smallest absolute Gasteiger partial charge is 0.244 e. The first-order chi connectivity index (χ1) is 15.1. The van der Waals surface area contributed by atoms with Crippen LogP contribution in [0.2, 0.25) is 0 Å². The topological polar surface area (TPSA) is 84.4 Å². The van der Waals surface area contributed by atoms with Gasteiger partial charge in [0.2, 0.25) is 15.9 Å². The van der Waals surface area contributed by atoms with Gasteiger partial charge >= 0.3 is 0 Å². The van der Waals surface area contributed by atoms with Crippen LogP contribution in [0, 0.1) is 0 Å². The number of hydrogen-bond donors (Lipinski definition) is 1. The second kappa shape index (κ2) is 9.89. The number of anilines is 1. The van der Waals surface area contributed by atoms with Crippen molar-refractivity contribution in [2.75, 3.05) is 18.4 Å². The molecular weight excluding hydrogens is 412 g/mol. The van der Waals surface area contributed by atoms with E-state index in [1.165, 1.54) is 6.20 Å². The molecule has 7 nitrogen and oxygen atoms in total. The molecule has 3 heterocycles. The van der Waals surface area contributed by atoms with Gasteiger partial charge in [-0.2, -0.15) is 4.31 Å². The zero-order chi connectivity index (χ0) is 21.5. The van der Waals surface area contributed by atoms with Crippen molar-refractivity contribution in [3.05, 3.63) is 78.1 Å². The van der Waals surface area contributed by atoms with Crippen molar-refractivity contribution in [3.63, 3.8) is 0 Å². The molecule has 0 saturated carbocycles. The second-order valence-corrected chi connectivity index (χ2v) is 9.41. The molecular formula is C23H26N4O3S. The van der Waals surface area contributed by atoms with Crippen molar-refractivity contribution in [1.29, 1.82) is 0 Å². The molecule has 0 spiro atoms. The Morgan fingerprint density at radius 2 is 1.74 bits per heavy atom. The Hall–Kier alpha value is -2.97. The van der Waals surface area contributed by atoms with Gasteiger partial charge in [0.05, 0.1) is 0 Å². The molecule has 1 saturated heterocycles. The molecule has 4 rings (SSSR count). The molecule has 0 radical (unpaired) electrons. The zero-order valence-corrected chi connectivity index (χ0v) is 18.1. The average Bonchev–Trinajstić information content (AvgIpc) is 2.83. The summed E-state index contributed by atoms with van der Waals surface area (Å²) in [6.07, 6.45) is 6.04. The van der Waals surface area contributed by atoms with Gasteiger partial charge in [-0.3, -0.25) is 0 Å². The van der Waals surface area contributed by atoms with Crippen LogP contribution in [0.4, 0.5) is 5.82 Å². The molecule has 1 aliphatic rings. The first-order valence-corrected chi connectivity index (χ1v) is 11.9. The molecule has 1 aromatic carbocycles. The van der Waals surface area contributed by atoms with E-state index in [0.29, 0.717) is 37.9 Å². The van der Waals surface area contributed by atoms with Crippen molar-refractivity contribution in [3.8, 4) is 5.88 Å². The number of pyridine rings is 2. The maximum absolute atomic E-state index is 12.7. The first-order valence-electron chi connectivity index (χ1n) is 10.4. The number of hydrogen-bond acceptors (Lipinski definition) is 6. The Bertz CT molecular complexity index is 1080. The van der Waals surface area contributed by atoms with E-state index in [1.807, 2.05) is 42.5 Å². The maximum Gasteiger partial charge on any atom is 0.244 e. The summed E-state index contributed by atoms with van der Waals surface area (Å²) >= 11 is 0. The minimum Gasteiger partial charge on any atom is -0.473 e. The number of sulfonamides is 1. The SMILES string of the molecule is O=S(=O)(c1ccc(NCc2ccnc(OCc3ccccc3)c2)nc1)N1CCCCC1. The lowest BCUT2D eigenvalue weighted by Gasteiger charge is -2.25. The molecule has 2 aromatic heterocycles. The molecule has 0 unspecified atom stereocenters. The maximum atomic E-state index is 12.7. The number of aromatic nitrogens is 2. The predicted molar refractivity (Wildman–Crippen MR) is 119 cm³/mol. The van der Waals surface area contributed by atoms with E-state index in [9.17, 15) is 8.42 Å². The summed E-state index contributed by atoms with van der Waals surface area (Å²) in [5, 5.41) is 3.22. The summed E-state index contributed by atoms with van der Waals surface area (Å²) in [4.78, 5) is 8.78. The van der Waals surface area contributed by atoms with Gasteiger partial charge in [0, 0.05) is 38.1 Å². The lowest BCUT2D eigenvalue weighted by Crippen LogP contribution is -2.35. The minimum atomic E-state index is -3.46. The molecule has 1 fully saturated rings. The van der Waals surface area contributed by atoms with E-state index in [2.05, 4.69) is 15.3 Å². The van der Waals surface area contributed by atoms with Gasteiger partial charge in [-0.15, -0.1) is 0 Å². The van der Waals surface area contributed by atoms with Gasteiger partial charge in [-0.05, 0) is 42.2 Å². The van der Waals surface area contributed by atoms with Gasteiger partial charge in [0.15, 0.2) is 0 Å². The quantitative estimate of drug-likeness (QED) is 0.575. The number of rotatable bonds is 8. The standard InChI is InChI=1S/C23H26N4O3S/c28-31(29,27-13-5-2-6-14-27)21-9-10-22(26-17-21)25-16-20-11-12-24-23(15-20)30-18-19-7-3-1-4-8-19/h1,3-4,7-12,15,17H,2,5-6,13-14,16,18H2,(H,25,26).